The van der Waals surface area contributed by atoms with Crippen LogP contribution in [0.25, 0.3) is 11.4 Å². The van der Waals surface area contributed by atoms with E-state index >= 15 is 0 Å². The second-order valence-corrected chi connectivity index (χ2v) is 12.9. The minimum Gasteiger partial charge on any atom is -0.351 e. The maximum Gasteiger partial charge on any atom is 0.253 e. The van der Waals surface area contributed by atoms with Crippen molar-refractivity contribution in [3.63, 3.8) is 0 Å². The minimum absolute atomic E-state index is 0.171. The Hall–Kier alpha value is -1.40. The second-order valence-electron chi connectivity index (χ2n) is 7.34. The van der Waals surface area contributed by atoms with Crippen molar-refractivity contribution in [1.29, 1.82) is 0 Å². The lowest BCUT2D eigenvalue weighted by atomic mass is 10.0. The number of pyridine rings is 2. The summed E-state index contributed by atoms with van der Waals surface area (Å²) in [6.07, 6.45) is 3.04. The molecule has 10 nitrogen and oxygen atoms in total. The molecular formula is C22H28N6O4S6. The van der Waals surface area contributed by atoms with Crippen molar-refractivity contribution >= 4 is 90.5 Å². The Morgan fingerprint density at radius 1 is 0.763 bits per heavy atom. The summed E-state index contributed by atoms with van der Waals surface area (Å²) in [7, 11) is 4.64. The van der Waals surface area contributed by atoms with E-state index in [9.17, 15) is 19.2 Å². The molecule has 0 unspecified atom stereocenters. The zero-order chi connectivity index (χ0) is 27.9. The van der Waals surface area contributed by atoms with E-state index in [0.717, 1.165) is 21.6 Å². The highest BCUT2D eigenvalue weighted by Crippen LogP contribution is 2.25. The van der Waals surface area contributed by atoms with Crippen LogP contribution in [-0.4, -0.2) is 80.2 Å². The Morgan fingerprint density at radius 2 is 1.16 bits per heavy atom. The normalized spacial score (nSPS) is 12.4. The van der Waals surface area contributed by atoms with Crippen LogP contribution in [0.2, 0.25) is 0 Å². The molecule has 0 aliphatic carbocycles. The van der Waals surface area contributed by atoms with E-state index in [4.69, 9.17) is 11.5 Å². The number of nitrogens with one attached hydrogen (secondary N) is 2. The number of amides is 2. The molecular weight excluding hydrogens is 605 g/mol. The van der Waals surface area contributed by atoms with Gasteiger partial charge in [-0.15, -0.1) is 0 Å². The van der Waals surface area contributed by atoms with Gasteiger partial charge in [0.1, 0.15) is 11.4 Å². The van der Waals surface area contributed by atoms with E-state index < -0.39 is 12.1 Å². The van der Waals surface area contributed by atoms with Crippen LogP contribution < -0.4 is 22.1 Å². The van der Waals surface area contributed by atoms with Crippen molar-refractivity contribution < 1.29 is 19.2 Å². The summed E-state index contributed by atoms with van der Waals surface area (Å²) in [5, 5.41) is 5.26. The Morgan fingerprint density at radius 3 is 1.53 bits per heavy atom. The number of aromatic nitrogens is 2. The fourth-order valence-electron chi connectivity index (χ4n) is 2.63. The summed E-state index contributed by atoms with van der Waals surface area (Å²) in [6, 6.07) is 5.20. The summed E-state index contributed by atoms with van der Waals surface area (Å²) >= 11 is 8.01. The van der Waals surface area contributed by atoms with Gasteiger partial charge in [0.2, 0.25) is 10.2 Å². The number of hydrogen-bond donors (Lipinski definition) is 6. The predicted octanol–water partition coefficient (Wildman–Crippen LogP) is 1.93. The lowest BCUT2D eigenvalue weighted by Gasteiger charge is -2.12. The zero-order valence-electron chi connectivity index (χ0n) is 20.1. The third-order valence-electron chi connectivity index (χ3n) is 4.55. The van der Waals surface area contributed by atoms with Gasteiger partial charge >= 0.3 is 0 Å². The average molecular weight is 633 g/mol. The van der Waals surface area contributed by atoms with E-state index in [-0.39, 0.29) is 56.1 Å². The number of hydrogen-bond acceptors (Lipinski definition) is 14. The number of carbonyl (C=O) groups excluding carboxylic acids is 4. The van der Waals surface area contributed by atoms with Crippen molar-refractivity contribution in [2.45, 2.75) is 12.1 Å². The molecule has 0 bridgehead atoms. The third-order valence-corrected chi connectivity index (χ3v) is 9.94. The second kappa shape index (κ2) is 18.0. The monoisotopic (exact) mass is 632 g/mol. The van der Waals surface area contributed by atoms with E-state index in [1.54, 1.807) is 24.3 Å². The van der Waals surface area contributed by atoms with Crippen molar-refractivity contribution in [3.05, 3.63) is 47.8 Å². The summed E-state index contributed by atoms with van der Waals surface area (Å²) in [6.45, 7) is 0.613. The molecule has 2 heterocycles. The molecule has 16 heteroatoms. The number of nitrogens with zero attached hydrogens (tertiary/aromatic N) is 2. The molecule has 6 N–H and O–H groups in total. The lowest BCUT2D eigenvalue weighted by molar-refractivity contribution is -0.112. The first-order valence-corrected chi connectivity index (χ1v) is 17.1. The molecule has 0 radical (unpaired) electrons. The first-order chi connectivity index (χ1) is 18.3. The molecule has 0 aromatic carbocycles. The van der Waals surface area contributed by atoms with Gasteiger partial charge in [0.25, 0.3) is 11.8 Å². The maximum atomic E-state index is 12.9. The molecule has 2 amide bonds. The molecule has 2 aromatic heterocycles. The van der Waals surface area contributed by atoms with Gasteiger partial charge in [0.05, 0.1) is 23.2 Å². The summed E-state index contributed by atoms with van der Waals surface area (Å²) < 4.78 is 0. The van der Waals surface area contributed by atoms with Gasteiger partial charge in [0, 0.05) is 48.5 Å². The minimum atomic E-state index is -0.628. The Labute approximate surface area is 247 Å². The van der Waals surface area contributed by atoms with Crippen LogP contribution in [0.4, 0.5) is 0 Å². The summed E-state index contributed by atoms with van der Waals surface area (Å²) in [5.41, 5.74) is 12.3. The first kappa shape index (κ1) is 32.8. The average Bonchev–Trinajstić information content (AvgIpc) is 2.95. The topological polar surface area (TPSA) is 170 Å². The molecule has 38 heavy (non-hydrogen) atoms. The molecule has 0 aliphatic rings. The number of thiol groups is 2. The van der Waals surface area contributed by atoms with Gasteiger partial charge < -0.3 is 22.1 Å². The fourth-order valence-corrected chi connectivity index (χ4v) is 6.83. The van der Waals surface area contributed by atoms with Crippen LogP contribution in [0.15, 0.2) is 36.7 Å². The molecule has 2 rings (SSSR count). The van der Waals surface area contributed by atoms with E-state index in [1.807, 2.05) is 0 Å². The highest BCUT2D eigenvalue weighted by atomic mass is 33.1. The molecule has 0 fully saturated rings. The van der Waals surface area contributed by atoms with Crippen LogP contribution in [0.5, 0.6) is 0 Å². The van der Waals surface area contributed by atoms with Crippen LogP contribution in [0.3, 0.4) is 0 Å². The van der Waals surface area contributed by atoms with Gasteiger partial charge in [-0.3, -0.25) is 29.1 Å². The Bertz CT molecular complexity index is 1030. The van der Waals surface area contributed by atoms with E-state index in [0.29, 0.717) is 24.6 Å². The van der Waals surface area contributed by atoms with E-state index in [1.165, 1.54) is 34.0 Å². The maximum absolute atomic E-state index is 12.9. The molecule has 2 atom stereocenters. The highest BCUT2D eigenvalue weighted by molar-refractivity contribution is 8.82. The zero-order valence-corrected chi connectivity index (χ0v) is 25.1. The highest BCUT2D eigenvalue weighted by Gasteiger charge is 2.21. The first-order valence-electron chi connectivity index (χ1n) is 11.2. The largest absolute Gasteiger partial charge is 0.351 e. The van der Waals surface area contributed by atoms with Crippen molar-refractivity contribution in [2.24, 2.45) is 11.5 Å². The number of rotatable bonds is 15. The number of carbonyl (C=O) groups is 4. The molecule has 2 aromatic rings. The van der Waals surface area contributed by atoms with Gasteiger partial charge in [-0.05, 0) is 45.9 Å². The standard InChI is InChI=1S/C22H28N6O4S6/c23-15(11-33)21(31)37-35-9-7-27-19(29)13-3-1-5-25-17(13)18-14(4-2-6-26-18)20(30)28-8-10-36-38-22(32)16(24)12-34/h1-6,15-16,33-34H,7-12,23-24H2,(H,27,29)(H,28,30)/t15-,16-/m0/s1. The van der Waals surface area contributed by atoms with Crippen LogP contribution in [0.1, 0.15) is 20.7 Å². The van der Waals surface area contributed by atoms with E-state index in [2.05, 4.69) is 45.9 Å². The van der Waals surface area contributed by atoms with Crippen LogP contribution in [-0.2, 0) is 9.59 Å². The predicted molar refractivity (Wildman–Crippen MR) is 166 cm³/mol. The molecule has 0 spiro atoms. The fraction of sp³-hybridized carbons (Fsp3) is 0.364. The van der Waals surface area contributed by atoms with Gasteiger partial charge in [-0.25, -0.2) is 0 Å². The molecule has 0 aliphatic heterocycles. The smallest absolute Gasteiger partial charge is 0.253 e. The van der Waals surface area contributed by atoms with Crippen LogP contribution >= 0.6 is 68.4 Å². The SMILES string of the molecule is N[C@@H](CS)C(=O)SSCCNC(=O)c1cccnc1-c1ncccc1C(=O)NCCSSC(=O)[C@@H](N)CS. The molecule has 0 saturated heterocycles. The van der Waals surface area contributed by atoms with Crippen molar-refractivity contribution in [3.8, 4) is 11.4 Å². The third kappa shape index (κ3) is 10.6. The molecule has 0 saturated carbocycles. The Balaban J connectivity index is 1.98. The van der Waals surface area contributed by atoms with Gasteiger partial charge in [0.15, 0.2) is 0 Å². The quantitative estimate of drug-likeness (QED) is 0.0960. The summed E-state index contributed by atoms with van der Waals surface area (Å²) in [5.74, 6) is 0.739. The van der Waals surface area contributed by atoms with Crippen molar-refractivity contribution in [1.82, 2.24) is 20.6 Å². The lowest BCUT2D eigenvalue weighted by Crippen LogP contribution is -2.30. The number of nitrogens with two attached hydrogens (primary N) is 2. The van der Waals surface area contributed by atoms with Crippen LogP contribution in [0, 0.1) is 0 Å². The van der Waals surface area contributed by atoms with Gasteiger partial charge in [-0.2, -0.15) is 25.3 Å². The molecule has 206 valence electrons. The summed E-state index contributed by atoms with van der Waals surface area (Å²) in [4.78, 5) is 58.0. The Kier molecular flexibility index (Phi) is 15.6. The van der Waals surface area contributed by atoms with Gasteiger partial charge in [-0.1, -0.05) is 21.6 Å². The van der Waals surface area contributed by atoms with Crippen molar-refractivity contribution in [2.75, 3.05) is 36.1 Å².